The van der Waals surface area contributed by atoms with Crippen LogP contribution in [0.4, 0.5) is 11.5 Å². The number of hydrogen-bond acceptors (Lipinski definition) is 4. The van der Waals surface area contributed by atoms with Gasteiger partial charge in [-0.15, -0.1) is 0 Å². The third-order valence-corrected chi connectivity index (χ3v) is 4.12. The topological polar surface area (TPSA) is 63.2 Å². The molecule has 1 amide bonds. The lowest BCUT2D eigenvalue weighted by atomic mass is 10.2. The van der Waals surface area contributed by atoms with Crippen molar-refractivity contribution in [2.24, 2.45) is 0 Å². The number of nitrogens with one attached hydrogen (secondary N) is 2. The Morgan fingerprint density at radius 1 is 1.04 bits per heavy atom. The molecule has 0 radical (unpaired) electrons. The van der Waals surface area contributed by atoms with Crippen molar-refractivity contribution in [1.29, 1.82) is 0 Å². The molecule has 1 aromatic heterocycles. The summed E-state index contributed by atoms with van der Waals surface area (Å²) in [6.07, 6.45) is 2.62. The number of para-hydroxylation sites is 1. The molecule has 0 saturated heterocycles. The van der Waals surface area contributed by atoms with E-state index in [1.807, 2.05) is 54.6 Å². The van der Waals surface area contributed by atoms with E-state index in [0.29, 0.717) is 28.9 Å². The summed E-state index contributed by atoms with van der Waals surface area (Å²) in [6.45, 7) is 4.17. The summed E-state index contributed by atoms with van der Waals surface area (Å²) in [4.78, 5) is 16.8. The largest absolute Gasteiger partial charge is 0.457 e. The summed E-state index contributed by atoms with van der Waals surface area (Å²) in [5.74, 6) is 2.00. The zero-order valence-electron chi connectivity index (χ0n) is 15.5. The molecule has 0 saturated carbocycles. The monoisotopic (exact) mass is 361 g/mol. The number of pyridine rings is 1. The van der Waals surface area contributed by atoms with Crippen LogP contribution in [0.3, 0.4) is 0 Å². The third kappa shape index (κ3) is 5.31. The van der Waals surface area contributed by atoms with Gasteiger partial charge in [-0.05, 0) is 61.9 Å². The molecule has 0 bridgehead atoms. The van der Waals surface area contributed by atoms with Crippen LogP contribution in [0.5, 0.6) is 11.5 Å². The van der Waals surface area contributed by atoms with Gasteiger partial charge in [-0.1, -0.05) is 25.1 Å². The van der Waals surface area contributed by atoms with E-state index in [1.54, 1.807) is 18.3 Å². The smallest absolute Gasteiger partial charge is 0.255 e. The number of hydrogen-bond donors (Lipinski definition) is 2. The van der Waals surface area contributed by atoms with E-state index in [2.05, 4.69) is 29.5 Å². The fourth-order valence-electron chi connectivity index (χ4n) is 2.44. The highest BCUT2D eigenvalue weighted by Crippen LogP contribution is 2.23. The van der Waals surface area contributed by atoms with Gasteiger partial charge in [-0.25, -0.2) is 4.98 Å². The molecule has 3 aromatic rings. The number of ether oxygens (including phenoxy) is 1. The maximum Gasteiger partial charge on any atom is 0.255 e. The van der Waals surface area contributed by atoms with Crippen molar-refractivity contribution in [2.45, 2.75) is 26.3 Å². The number of rotatable bonds is 7. The van der Waals surface area contributed by atoms with E-state index in [0.717, 1.165) is 12.2 Å². The molecule has 0 spiro atoms. The normalized spacial score (nSPS) is 11.5. The molecule has 0 aliphatic heterocycles. The quantitative estimate of drug-likeness (QED) is 0.596. The summed E-state index contributed by atoms with van der Waals surface area (Å²) in [7, 11) is 0. The predicted octanol–water partition coefficient (Wildman–Crippen LogP) is 5.34. The van der Waals surface area contributed by atoms with Gasteiger partial charge in [-0.2, -0.15) is 0 Å². The maximum atomic E-state index is 12.5. The Bertz CT molecular complexity index is 880. The molecular formula is C22H23N3O2. The number of carbonyl (C=O) groups is 1. The molecule has 1 atom stereocenters. The second-order valence-electron chi connectivity index (χ2n) is 6.28. The van der Waals surface area contributed by atoms with Crippen LogP contribution >= 0.6 is 0 Å². The molecule has 0 aliphatic rings. The Hall–Kier alpha value is -3.34. The van der Waals surface area contributed by atoms with Crippen molar-refractivity contribution in [1.82, 2.24) is 4.98 Å². The van der Waals surface area contributed by atoms with E-state index < -0.39 is 0 Å². The van der Waals surface area contributed by atoms with Crippen LogP contribution in [0.25, 0.3) is 0 Å². The van der Waals surface area contributed by atoms with Gasteiger partial charge in [0.2, 0.25) is 0 Å². The zero-order valence-corrected chi connectivity index (χ0v) is 15.5. The summed E-state index contributed by atoms with van der Waals surface area (Å²) in [5.41, 5.74) is 1.26. The molecule has 2 aromatic carbocycles. The molecule has 0 aliphatic carbocycles. The Kier molecular flexibility index (Phi) is 6.05. The highest BCUT2D eigenvalue weighted by Gasteiger charge is 2.09. The number of benzene rings is 2. The number of aromatic nitrogens is 1. The fraction of sp³-hybridized carbons (Fsp3) is 0.182. The first-order chi connectivity index (χ1) is 13.1. The lowest BCUT2D eigenvalue weighted by Crippen LogP contribution is -2.16. The first-order valence-electron chi connectivity index (χ1n) is 9.01. The van der Waals surface area contributed by atoms with Crippen molar-refractivity contribution < 1.29 is 9.53 Å². The zero-order chi connectivity index (χ0) is 19.1. The molecule has 1 heterocycles. The Labute approximate surface area is 159 Å². The second kappa shape index (κ2) is 8.85. The lowest BCUT2D eigenvalue weighted by Gasteiger charge is -2.13. The Balaban J connectivity index is 1.63. The molecule has 3 rings (SSSR count). The molecule has 2 N–H and O–H groups in total. The average molecular weight is 361 g/mol. The van der Waals surface area contributed by atoms with E-state index in [4.69, 9.17) is 4.74 Å². The van der Waals surface area contributed by atoms with Crippen LogP contribution in [0.1, 0.15) is 30.6 Å². The van der Waals surface area contributed by atoms with Gasteiger partial charge in [0.15, 0.2) is 0 Å². The van der Waals surface area contributed by atoms with Gasteiger partial charge in [-0.3, -0.25) is 4.79 Å². The second-order valence-corrected chi connectivity index (χ2v) is 6.28. The standard InChI is InChI=1S/C22H23N3O2/c1-3-16(2)24-21-15-17(13-14-23-21)22(26)25-18-9-11-20(12-10-18)27-19-7-5-4-6-8-19/h4-16H,3H2,1-2H3,(H,23,24)(H,25,26). The summed E-state index contributed by atoms with van der Waals surface area (Å²) >= 11 is 0. The van der Waals surface area contributed by atoms with Crippen molar-refractivity contribution in [2.75, 3.05) is 10.6 Å². The van der Waals surface area contributed by atoms with Gasteiger partial charge in [0.25, 0.3) is 5.91 Å². The van der Waals surface area contributed by atoms with E-state index >= 15 is 0 Å². The predicted molar refractivity (Wildman–Crippen MR) is 109 cm³/mol. The van der Waals surface area contributed by atoms with Gasteiger partial charge in [0, 0.05) is 23.5 Å². The van der Waals surface area contributed by atoms with Crippen molar-refractivity contribution >= 4 is 17.4 Å². The lowest BCUT2D eigenvalue weighted by molar-refractivity contribution is 0.102. The highest BCUT2D eigenvalue weighted by atomic mass is 16.5. The molecule has 27 heavy (non-hydrogen) atoms. The third-order valence-electron chi connectivity index (χ3n) is 4.12. The minimum Gasteiger partial charge on any atom is -0.457 e. The summed E-state index contributed by atoms with van der Waals surface area (Å²) in [5, 5.41) is 6.17. The first-order valence-corrected chi connectivity index (χ1v) is 9.01. The minimum absolute atomic E-state index is 0.179. The number of carbonyl (C=O) groups excluding carboxylic acids is 1. The van der Waals surface area contributed by atoms with Crippen LogP contribution in [-0.4, -0.2) is 16.9 Å². The molecule has 1 unspecified atom stereocenters. The van der Waals surface area contributed by atoms with Crippen molar-refractivity contribution in [3.63, 3.8) is 0 Å². The number of nitrogens with zero attached hydrogens (tertiary/aromatic N) is 1. The summed E-state index contributed by atoms with van der Waals surface area (Å²) < 4.78 is 5.76. The minimum atomic E-state index is -0.179. The fourth-order valence-corrected chi connectivity index (χ4v) is 2.44. The average Bonchev–Trinajstić information content (AvgIpc) is 2.70. The summed E-state index contributed by atoms with van der Waals surface area (Å²) in [6, 6.07) is 20.6. The molecule has 5 nitrogen and oxygen atoms in total. The Morgan fingerprint density at radius 3 is 2.44 bits per heavy atom. The van der Waals surface area contributed by atoms with E-state index in [9.17, 15) is 4.79 Å². The Morgan fingerprint density at radius 2 is 1.74 bits per heavy atom. The van der Waals surface area contributed by atoms with Crippen LogP contribution in [0.2, 0.25) is 0 Å². The van der Waals surface area contributed by atoms with Gasteiger partial charge in [0.05, 0.1) is 0 Å². The first kappa shape index (κ1) is 18.5. The molecular weight excluding hydrogens is 338 g/mol. The van der Waals surface area contributed by atoms with E-state index in [1.165, 1.54) is 0 Å². The molecule has 138 valence electrons. The van der Waals surface area contributed by atoms with Gasteiger partial charge >= 0.3 is 0 Å². The van der Waals surface area contributed by atoms with Crippen molar-refractivity contribution in [3.05, 3.63) is 78.5 Å². The van der Waals surface area contributed by atoms with Crippen LogP contribution in [0.15, 0.2) is 72.9 Å². The highest BCUT2D eigenvalue weighted by molar-refractivity contribution is 6.04. The van der Waals surface area contributed by atoms with Crippen LogP contribution < -0.4 is 15.4 Å². The van der Waals surface area contributed by atoms with Gasteiger partial charge in [0.1, 0.15) is 17.3 Å². The van der Waals surface area contributed by atoms with Crippen LogP contribution in [-0.2, 0) is 0 Å². The number of amides is 1. The SMILES string of the molecule is CCC(C)Nc1cc(C(=O)Nc2ccc(Oc3ccccc3)cc2)ccn1. The molecule has 5 heteroatoms. The van der Waals surface area contributed by atoms with Crippen molar-refractivity contribution in [3.8, 4) is 11.5 Å². The number of anilines is 2. The van der Waals surface area contributed by atoms with Crippen LogP contribution in [0, 0.1) is 0 Å². The van der Waals surface area contributed by atoms with Gasteiger partial charge < -0.3 is 15.4 Å². The maximum absolute atomic E-state index is 12.5. The molecule has 0 fully saturated rings. The van der Waals surface area contributed by atoms with E-state index in [-0.39, 0.29) is 5.91 Å².